The van der Waals surface area contributed by atoms with Crippen LogP contribution in [0.3, 0.4) is 0 Å². The van der Waals surface area contributed by atoms with Crippen LogP contribution in [0.1, 0.15) is 66.3 Å². The number of hydrogen-bond acceptors (Lipinski definition) is 9. The lowest BCUT2D eigenvalue weighted by Gasteiger charge is -2.31. The number of aromatic hydroxyl groups is 1. The van der Waals surface area contributed by atoms with Crippen molar-refractivity contribution in [3.8, 4) is 23.4 Å². The molecule has 2 fully saturated rings. The average molecular weight is 563 g/mol. The summed E-state index contributed by atoms with van der Waals surface area (Å²) in [7, 11) is 0. The van der Waals surface area contributed by atoms with Gasteiger partial charge in [0.1, 0.15) is 17.5 Å². The number of alkyl halides is 3. The zero-order chi connectivity index (χ0) is 29.0. The zero-order valence-corrected chi connectivity index (χ0v) is 22.1. The van der Waals surface area contributed by atoms with Crippen LogP contribution in [0, 0.1) is 11.3 Å². The summed E-state index contributed by atoms with van der Waals surface area (Å²) >= 11 is 0. The minimum absolute atomic E-state index is 0.0506. The van der Waals surface area contributed by atoms with E-state index in [1.165, 1.54) is 38.5 Å². The summed E-state index contributed by atoms with van der Waals surface area (Å²) < 4.78 is 37.9. The van der Waals surface area contributed by atoms with E-state index in [-0.39, 0.29) is 23.0 Å². The molecular formula is C27H33F3N6O4. The number of benzene rings is 1. The summed E-state index contributed by atoms with van der Waals surface area (Å²) in [5, 5.41) is 27.8. The normalized spacial score (nSPS) is 17.4. The number of ether oxygens (including phenoxy) is 1. The van der Waals surface area contributed by atoms with Gasteiger partial charge in [0.05, 0.1) is 5.69 Å². The number of nitrogen functional groups attached to an aromatic ring is 2. The summed E-state index contributed by atoms with van der Waals surface area (Å²) in [5.41, 5.74) is 16.4. The van der Waals surface area contributed by atoms with Gasteiger partial charge in [0.2, 0.25) is 5.88 Å². The van der Waals surface area contributed by atoms with E-state index in [9.17, 15) is 23.5 Å². The van der Waals surface area contributed by atoms with E-state index in [1.54, 1.807) is 0 Å². The second kappa shape index (κ2) is 12.2. The molecule has 0 atom stereocenters. The largest absolute Gasteiger partial charge is 0.504 e. The van der Waals surface area contributed by atoms with Crippen molar-refractivity contribution in [2.24, 2.45) is 0 Å². The van der Waals surface area contributed by atoms with Gasteiger partial charge in [-0.2, -0.15) is 23.4 Å². The number of pyridine rings is 1. The maximum Gasteiger partial charge on any atom is 0.490 e. The van der Waals surface area contributed by atoms with Gasteiger partial charge in [-0.3, -0.25) is 9.80 Å². The van der Waals surface area contributed by atoms with Crippen LogP contribution in [-0.2, 0) is 24.3 Å². The van der Waals surface area contributed by atoms with Crippen LogP contribution in [-0.4, -0.2) is 63.3 Å². The summed E-state index contributed by atoms with van der Waals surface area (Å²) in [6, 6.07) is 4.20. The average Bonchev–Trinajstić information content (AvgIpc) is 2.92. The Labute approximate surface area is 229 Å². The lowest BCUT2D eigenvalue weighted by molar-refractivity contribution is -0.192. The third-order valence-electron chi connectivity index (χ3n) is 7.45. The first kappa shape index (κ1) is 29.2. The molecule has 0 amide bonds. The molecule has 0 unspecified atom stereocenters. The number of halogens is 3. The Morgan fingerprint density at radius 1 is 1.00 bits per heavy atom. The third-order valence-corrected chi connectivity index (χ3v) is 7.45. The van der Waals surface area contributed by atoms with E-state index < -0.39 is 12.1 Å². The summed E-state index contributed by atoms with van der Waals surface area (Å²) in [4.78, 5) is 18.1. The molecule has 10 nitrogen and oxygen atoms in total. The first-order valence-corrected chi connectivity index (χ1v) is 13.3. The molecule has 3 aliphatic rings. The Balaban J connectivity index is 0.000000470. The zero-order valence-electron chi connectivity index (χ0n) is 22.1. The number of carbonyl (C=O) groups is 1. The van der Waals surface area contributed by atoms with Crippen LogP contribution in [0.25, 0.3) is 0 Å². The van der Waals surface area contributed by atoms with Crippen LogP contribution in [0.15, 0.2) is 6.07 Å². The van der Waals surface area contributed by atoms with Crippen molar-refractivity contribution in [2.45, 2.75) is 64.2 Å². The molecule has 3 aliphatic heterocycles. The van der Waals surface area contributed by atoms with E-state index in [1.807, 2.05) is 0 Å². The van der Waals surface area contributed by atoms with Gasteiger partial charge in [0.15, 0.2) is 11.5 Å². The first-order valence-electron chi connectivity index (χ1n) is 13.3. The molecule has 0 aliphatic carbocycles. The summed E-state index contributed by atoms with van der Waals surface area (Å²) in [6.45, 7) is 5.76. The number of nitriles is 1. The SMILES string of the molecule is N#Cc1c(N)nc2c(c1N)Cc1c(CN3CCCCC3)cc(CN3CCCCC3)c(O)c1O2.O=C(O)C(F)(F)F. The van der Waals surface area contributed by atoms with Gasteiger partial charge >= 0.3 is 12.1 Å². The van der Waals surface area contributed by atoms with Gasteiger partial charge in [-0.25, -0.2) is 4.79 Å². The molecule has 6 N–H and O–H groups in total. The Bertz CT molecular complexity index is 1300. The Hall–Kier alpha value is -3.76. The van der Waals surface area contributed by atoms with Gasteiger partial charge in [0, 0.05) is 36.2 Å². The fourth-order valence-corrected chi connectivity index (χ4v) is 5.37. The molecule has 0 bridgehead atoms. The van der Waals surface area contributed by atoms with E-state index >= 15 is 0 Å². The molecule has 4 heterocycles. The Kier molecular flexibility index (Phi) is 8.90. The molecule has 1 aromatic carbocycles. The number of anilines is 2. The molecule has 13 heteroatoms. The summed E-state index contributed by atoms with van der Waals surface area (Å²) in [6.07, 6.45) is 2.73. The number of aromatic nitrogens is 1. The second-order valence-electron chi connectivity index (χ2n) is 10.3. The second-order valence-corrected chi connectivity index (χ2v) is 10.3. The number of rotatable bonds is 4. The van der Waals surface area contributed by atoms with E-state index in [4.69, 9.17) is 26.1 Å². The Morgan fingerprint density at radius 2 is 1.52 bits per heavy atom. The lowest BCUT2D eigenvalue weighted by Crippen LogP contribution is -2.31. The predicted molar refractivity (Wildman–Crippen MR) is 141 cm³/mol. The maximum atomic E-state index is 11.3. The van der Waals surface area contributed by atoms with Gasteiger partial charge in [0.25, 0.3) is 0 Å². The highest BCUT2D eigenvalue weighted by molar-refractivity contribution is 5.74. The van der Waals surface area contributed by atoms with E-state index in [0.29, 0.717) is 30.0 Å². The summed E-state index contributed by atoms with van der Waals surface area (Å²) in [5.74, 6) is -1.79. The molecule has 0 saturated carbocycles. The lowest BCUT2D eigenvalue weighted by atomic mass is 9.91. The smallest absolute Gasteiger partial charge is 0.490 e. The monoisotopic (exact) mass is 562 g/mol. The van der Waals surface area contributed by atoms with Crippen molar-refractivity contribution < 1.29 is 32.9 Å². The van der Waals surface area contributed by atoms with Crippen molar-refractivity contribution in [1.29, 1.82) is 5.26 Å². The number of phenols is 1. The molecule has 2 saturated heterocycles. The number of likely N-dealkylation sites (tertiary alicyclic amines) is 2. The van der Waals surface area contributed by atoms with Crippen LogP contribution in [0.5, 0.6) is 17.4 Å². The highest BCUT2D eigenvalue weighted by Gasteiger charge is 2.38. The number of hydrogen-bond donors (Lipinski definition) is 4. The van der Waals surface area contributed by atoms with Crippen molar-refractivity contribution >= 4 is 17.5 Å². The van der Waals surface area contributed by atoms with Crippen LogP contribution >= 0.6 is 0 Å². The number of aliphatic carboxylic acids is 1. The molecule has 1 aromatic heterocycles. The molecular weight excluding hydrogens is 529 g/mol. The fraction of sp³-hybridized carbons (Fsp3) is 0.519. The van der Waals surface area contributed by atoms with Crippen LogP contribution in [0.2, 0.25) is 0 Å². The molecule has 2 aromatic rings. The fourth-order valence-electron chi connectivity index (χ4n) is 5.37. The van der Waals surface area contributed by atoms with E-state index in [0.717, 1.165) is 49.4 Å². The number of nitrogens with two attached hydrogens (primary N) is 2. The molecule has 0 radical (unpaired) electrons. The quantitative estimate of drug-likeness (QED) is 0.364. The van der Waals surface area contributed by atoms with Gasteiger partial charge in [-0.1, -0.05) is 12.8 Å². The number of nitrogens with zero attached hydrogens (tertiary/aromatic N) is 4. The van der Waals surface area contributed by atoms with Crippen LogP contribution < -0.4 is 16.2 Å². The van der Waals surface area contributed by atoms with Crippen molar-refractivity contribution in [1.82, 2.24) is 14.8 Å². The topological polar surface area (TPSA) is 162 Å². The van der Waals surface area contributed by atoms with E-state index in [2.05, 4.69) is 26.9 Å². The molecule has 216 valence electrons. The highest BCUT2D eigenvalue weighted by Crippen LogP contribution is 2.47. The third kappa shape index (κ3) is 6.51. The van der Waals surface area contributed by atoms with Crippen molar-refractivity contribution in [2.75, 3.05) is 37.6 Å². The minimum atomic E-state index is -5.08. The number of piperidine rings is 2. The Morgan fingerprint density at radius 3 is 2.02 bits per heavy atom. The van der Waals surface area contributed by atoms with Crippen molar-refractivity contribution in [3.63, 3.8) is 0 Å². The number of fused-ring (bicyclic) bond motifs is 2. The van der Waals surface area contributed by atoms with Crippen molar-refractivity contribution in [3.05, 3.63) is 33.9 Å². The number of carboxylic acid groups (broad SMARTS) is 1. The molecule has 5 rings (SSSR count). The minimum Gasteiger partial charge on any atom is -0.504 e. The maximum absolute atomic E-state index is 11.3. The van der Waals surface area contributed by atoms with Gasteiger partial charge in [-0.15, -0.1) is 0 Å². The number of carboxylic acids is 1. The number of phenolic OH excluding ortho intramolecular Hbond substituents is 1. The molecule has 40 heavy (non-hydrogen) atoms. The van der Waals surface area contributed by atoms with Gasteiger partial charge in [-0.05, 0) is 63.5 Å². The highest BCUT2D eigenvalue weighted by atomic mass is 19.4. The first-order chi connectivity index (χ1) is 19.0. The predicted octanol–water partition coefficient (Wildman–Crippen LogP) is 4.12. The van der Waals surface area contributed by atoms with Crippen LogP contribution in [0.4, 0.5) is 24.7 Å². The molecule has 0 spiro atoms. The standard InChI is InChI=1S/C25H32N6O2.C2HF3O2/c26-13-20-21(27)19-12-18-16(14-30-7-3-1-4-8-30)11-17(15-31-9-5-2-6-10-31)22(32)23(18)33-25(19)29-24(20)28;3-2(4,5)1(6)7/h11,32H,1-10,12,14-15H2,(H4,27,28,29);(H,6,7). The van der Waals surface area contributed by atoms with Gasteiger partial charge < -0.3 is 26.4 Å².